The molecule has 4 nitrogen and oxygen atoms in total. The summed E-state index contributed by atoms with van der Waals surface area (Å²) >= 11 is 5.69. The van der Waals surface area contributed by atoms with Crippen LogP contribution >= 0.6 is 11.6 Å². The Kier molecular flexibility index (Phi) is 3.21. The molecular formula is C9H5ClN2O2. The maximum absolute atomic E-state index is 10.6. The van der Waals surface area contributed by atoms with Crippen LogP contribution in [-0.4, -0.2) is 4.92 Å². The van der Waals surface area contributed by atoms with Crippen molar-refractivity contribution in [2.24, 2.45) is 0 Å². The largest absolute Gasteiger partial charge is 0.278 e. The van der Waals surface area contributed by atoms with Gasteiger partial charge >= 0.3 is 0 Å². The van der Waals surface area contributed by atoms with Crippen molar-refractivity contribution >= 4 is 22.3 Å². The van der Waals surface area contributed by atoms with E-state index >= 15 is 0 Å². The molecular weight excluding hydrogens is 204 g/mol. The van der Waals surface area contributed by atoms with E-state index in [1.165, 1.54) is 18.2 Å². The summed E-state index contributed by atoms with van der Waals surface area (Å²) in [7, 11) is 0. The van der Waals surface area contributed by atoms with Gasteiger partial charge in [-0.05, 0) is 6.07 Å². The Morgan fingerprint density at radius 3 is 2.79 bits per heavy atom. The second-order valence-corrected chi connectivity index (χ2v) is 2.80. The fraction of sp³-hybridized carbons (Fsp3) is 0. The summed E-state index contributed by atoms with van der Waals surface area (Å²) in [6.45, 7) is 0. The van der Waals surface area contributed by atoms with Crippen LogP contribution in [0, 0.1) is 21.4 Å². The van der Waals surface area contributed by atoms with Crippen LogP contribution in [0.3, 0.4) is 0 Å². The summed E-state index contributed by atoms with van der Waals surface area (Å²) in [5, 5.41) is 19.0. The SMILES string of the molecule is N#C/C=C(\Cl)c1ccccc1[N+](=O)[O-]. The second-order valence-electron chi connectivity index (χ2n) is 2.40. The molecule has 14 heavy (non-hydrogen) atoms. The van der Waals surface area contributed by atoms with Gasteiger partial charge in [-0.15, -0.1) is 0 Å². The lowest BCUT2D eigenvalue weighted by Crippen LogP contribution is -1.92. The zero-order valence-electron chi connectivity index (χ0n) is 6.98. The van der Waals surface area contributed by atoms with Crippen molar-refractivity contribution in [1.82, 2.24) is 0 Å². The van der Waals surface area contributed by atoms with Crippen LogP contribution in [0.2, 0.25) is 0 Å². The third kappa shape index (κ3) is 2.09. The molecule has 0 unspecified atom stereocenters. The molecule has 70 valence electrons. The molecule has 0 aromatic heterocycles. The zero-order chi connectivity index (χ0) is 10.6. The van der Waals surface area contributed by atoms with Gasteiger partial charge in [0.15, 0.2) is 0 Å². The molecule has 1 aromatic rings. The van der Waals surface area contributed by atoms with Gasteiger partial charge in [-0.1, -0.05) is 23.7 Å². The Bertz CT molecular complexity index is 435. The first kappa shape index (κ1) is 10.2. The van der Waals surface area contributed by atoms with Gasteiger partial charge in [0.2, 0.25) is 0 Å². The number of rotatable bonds is 2. The molecule has 0 fully saturated rings. The molecule has 1 aromatic carbocycles. The van der Waals surface area contributed by atoms with Gasteiger partial charge in [0.25, 0.3) is 5.69 Å². The first-order valence-electron chi connectivity index (χ1n) is 3.66. The van der Waals surface area contributed by atoms with E-state index < -0.39 is 4.92 Å². The van der Waals surface area contributed by atoms with E-state index in [0.29, 0.717) is 0 Å². The monoisotopic (exact) mass is 208 g/mol. The molecule has 0 atom stereocenters. The van der Waals surface area contributed by atoms with Crippen LogP contribution in [-0.2, 0) is 0 Å². The topological polar surface area (TPSA) is 66.9 Å². The number of nitro benzene ring substituents is 1. The average molecular weight is 209 g/mol. The standard InChI is InChI=1S/C9H5ClN2O2/c10-8(5-6-11)7-3-1-2-4-9(7)12(13)14/h1-5H/b8-5-. The van der Waals surface area contributed by atoms with Crippen molar-refractivity contribution in [3.63, 3.8) is 0 Å². The number of para-hydroxylation sites is 1. The predicted octanol–water partition coefficient (Wildman–Crippen LogP) is 2.70. The first-order chi connectivity index (χ1) is 6.66. The van der Waals surface area contributed by atoms with Crippen LogP contribution in [0.5, 0.6) is 0 Å². The molecule has 0 heterocycles. The Balaban J connectivity index is 3.28. The number of nitriles is 1. The zero-order valence-corrected chi connectivity index (χ0v) is 7.73. The highest BCUT2D eigenvalue weighted by Crippen LogP contribution is 2.27. The van der Waals surface area contributed by atoms with E-state index in [4.69, 9.17) is 16.9 Å². The molecule has 0 aliphatic rings. The van der Waals surface area contributed by atoms with Gasteiger partial charge < -0.3 is 0 Å². The van der Waals surface area contributed by atoms with Crippen LogP contribution in [0.25, 0.3) is 5.03 Å². The number of nitrogens with zero attached hydrogens (tertiary/aromatic N) is 2. The molecule has 1 rings (SSSR count). The minimum atomic E-state index is -0.539. The number of hydrogen-bond acceptors (Lipinski definition) is 3. The molecule has 0 saturated carbocycles. The van der Waals surface area contributed by atoms with Crippen LogP contribution in [0.4, 0.5) is 5.69 Å². The highest BCUT2D eigenvalue weighted by molar-refractivity contribution is 6.49. The van der Waals surface area contributed by atoms with E-state index in [1.54, 1.807) is 12.1 Å². The van der Waals surface area contributed by atoms with Crippen molar-refractivity contribution in [1.29, 1.82) is 5.26 Å². The van der Waals surface area contributed by atoms with E-state index in [1.807, 2.05) is 0 Å². The second kappa shape index (κ2) is 4.40. The average Bonchev–Trinajstić information content (AvgIpc) is 2.18. The van der Waals surface area contributed by atoms with Gasteiger partial charge in [-0.3, -0.25) is 10.1 Å². The Labute approximate surface area is 85.2 Å². The molecule has 0 amide bonds. The lowest BCUT2D eigenvalue weighted by atomic mass is 10.1. The third-order valence-electron chi connectivity index (χ3n) is 1.55. The van der Waals surface area contributed by atoms with Crippen molar-refractivity contribution in [3.8, 4) is 6.07 Å². The van der Waals surface area contributed by atoms with E-state index in [9.17, 15) is 10.1 Å². The summed E-state index contributed by atoms with van der Waals surface area (Å²) in [6.07, 6.45) is 1.06. The van der Waals surface area contributed by atoms with Crippen molar-refractivity contribution < 1.29 is 4.92 Å². The van der Waals surface area contributed by atoms with Gasteiger partial charge in [0.1, 0.15) is 0 Å². The lowest BCUT2D eigenvalue weighted by Gasteiger charge is -1.98. The number of allylic oxidation sites excluding steroid dienone is 1. The molecule has 0 bridgehead atoms. The van der Waals surface area contributed by atoms with Gasteiger partial charge in [0, 0.05) is 12.1 Å². The first-order valence-corrected chi connectivity index (χ1v) is 4.03. The van der Waals surface area contributed by atoms with Crippen LogP contribution < -0.4 is 0 Å². The maximum atomic E-state index is 10.6. The van der Waals surface area contributed by atoms with Gasteiger partial charge in [-0.25, -0.2) is 0 Å². The summed E-state index contributed by atoms with van der Waals surface area (Å²) in [5.74, 6) is 0. The highest BCUT2D eigenvalue weighted by Gasteiger charge is 2.14. The number of halogens is 1. The molecule has 0 aliphatic carbocycles. The van der Waals surface area contributed by atoms with Crippen molar-refractivity contribution in [3.05, 3.63) is 46.0 Å². The molecule has 0 aliphatic heterocycles. The smallest absolute Gasteiger partial charge is 0.258 e. The molecule has 0 radical (unpaired) electrons. The van der Waals surface area contributed by atoms with Gasteiger partial charge in [-0.2, -0.15) is 5.26 Å². The van der Waals surface area contributed by atoms with Crippen molar-refractivity contribution in [2.75, 3.05) is 0 Å². The fourth-order valence-corrected chi connectivity index (χ4v) is 1.18. The van der Waals surface area contributed by atoms with Gasteiger partial charge in [0.05, 0.1) is 21.6 Å². The van der Waals surface area contributed by atoms with Crippen molar-refractivity contribution in [2.45, 2.75) is 0 Å². The molecule has 0 spiro atoms. The quantitative estimate of drug-likeness (QED) is 0.426. The molecule has 0 saturated heterocycles. The minimum Gasteiger partial charge on any atom is -0.258 e. The molecule has 0 N–H and O–H groups in total. The summed E-state index contributed by atoms with van der Waals surface area (Å²) in [4.78, 5) is 10.0. The van der Waals surface area contributed by atoms with E-state index in [2.05, 4.69) is 0 Å². The number of benzene rings is 1. The lowest BCUT2D eigenvalue weighted by molar-refractivity contribution is -0.385. The predicted molar refractivity (Wildman–Crippen MR) is 52.5 cm³/mol. The Morgan fingerprint density at radius 1 is 1.57 bits per heavy atom. The summed E-state index contributed by atoms with van der Waals surface area (Å²) in [6, 6.07) is 7.71. The number of hydrogen-bond donors (Lipinski definition) is 0. The third-order valence-corrected chi connectivity index (χ3v) is 1.86. The fourth-order valence-electron chi connectivity index (χ4n) is 0.969. The summed E-state index contributed by atoms with van der Waals surface area (Å²) in [5.41, 5.74) is 0.143. The highest BCUT2D eigenvalue weighted by atomic mass is 35.5. The Morgan fingerprint density at radius 2 is 2.21 bits per heavy atom. The summed E-state index contributed by atoms with van der Waals surface area (Å²) < 4.78 is 0. The maximum Gasteiger partial charge on any atom is 0.278 e. The van der Waals surface area contributed by atoms with E-state index in [0.717, 1.165) is 6.08 Å². The minimum absolute atomic E-state index is 0.0693. The Hall–Kier alpha value is -1.86. The van der Waals surface area contributed by atoms with Crippen LogP contribution in [0.1, 0.15) is 5.56 Å². The van der Waals surface area contributed by atoms with E-state index in [-0.39, 0.29) is 16.3 Å². The number of nitro groups is 1. The van der Waals surface area contributed by atoms with Crippen LogP contribution in [0.15, 0.2) is 30.3 Å². The molecule has 5 heteroatoms. The normalized spacial score (nSPS) is 10.7.